The highest BCUT2D eigenvalue weighted by molar-refractivity contribution is 7.88. The Morgan fingerprint density at radius 2 is 2.00 bits per heavy atom. The highest BCUT2D eigenvalue weighted by Crippen LogP contribution is 2.21. The number of piperidine rings is 1. The van der Waals surface area contributed by atoms with Gasteiger partial charge in [-0.05, 0) is 36.5 Å². The number of carbonyl (C=O) groups is 1. The van der Waals surface area contributed by atoms with Gasteiger partial charge in [0.1, 0.15) is 0 Å². The van der Waals surface area contributed by atoms with E-state index in [9.17, 15) is 13.2 Å². The van der Waals surface area contributed by atoms with Crippen molar-refractivity contribution in [2.45, 2.75) is 25.5 Å². The van der Waals surface area contributed by atoms with E-state index >= 15 is 0 Å². The Kier molecular flexibility index (Phi) is 5.00. The Labute approximate surface area is 126 Å². The zero-order chi connectivity index (χ0) is 15.5. The van der Waals surface area contributed by atoms with Gasteiger partial charge in [-0.25, -0.2) is 17.5 Å². The Morgan fingerprint density at radius 1 is 1.33 bits per heavy atom. The van der Waals surface area contributed by atoms with Crippen molar-refractivity contribution >= 4 is 16.0 Å². The number of ether oxygens (including phenoxy) is 1. The van der Waals surface area contributed by atoms with E-state index in [1.54, 1.807) is 28.6 Å². The molecule has 1 aliphatic heterocycles. The molecule has 116 valence electrons. The standard InChI is InChI=1S/C15H21NO4S/c1-12-4-3-9-16(10-12)21(18,19)11-13-5-7-14(8-6-13)15(17)20-2/h5-8,12H,3-4,9-11H2,1-2H3/t12-/m1/s1. The minimum atomic E-state index is -3.29. The predicted molar refractivity (Wildman–Crippen MR) is 80.4 cm³/mol. The molecule has 1 aromatic carbocycles. The third-order valence-corrected chi connectivity index (χ3v) is 5.55. The van der Waals surface area contributed by atoms with Crippen molar-refractivity contribution in [1.82, 2.24) is 4.31 Å². The van der Waals surface area contributed by atoms with Crippen molar-refractivity contribution in [3.8, 4) is 0 Å². The van der Waals surface area contributed by atoms with Crippen LogP contribution in [0.2, 0.25) is 0 Å². The van der Waals surface area contributed by atoms with E-state index in [1.165, 1.54) is 7.11 Å². The first-order valence-electron chi connectivity index (χ1n) is 7.07. The highest BCUT2D eigenvalue weighted by atomic mass is 32.2. The molecule has 1 aromatic rings. The number of benzene rings is 1. The summed E-state index contributed by atoms with van der Waals surface area (Å²) in [6.07, 6.45) is 2.00. The third-order valence-electron chi connectivity index (χ3n) is 3.74. The lowest BCUT2D eigenvalue weighted by Crippen LogP contribution is -2.39. The normalized spacial score (nSPS) is 20.2. The number of hydrogen-bond donors (Lipinski definition) is 0. The second-order valence-electron chi connectivity index (χ2n) is 5.55. The summed E-state index contributed by atoms with van der Waals surface area (Å²) >= 11 is 0. The van der Waals surface area contributed by atoms with Gasteiger partial charge in [-0.2, -0.15) is 0 Å². The van der Waals surface area contributed by atoms with Crippen LogP contribution in [-0.4, -0.2) is 38.9 Å². The molecular formula is C15H21NO4S. The van der Waals surface area contributed by atoms with Gasteiger partial charge in [-0.1, -0.05) is 19.1 Å². The van der Waals surface area contributed by atoms with Gasteiger partial charge in [0.15, 0.2) is 0 Å². The van der Waals surface area contributed by atoms with E-state index in [1.807, 2.05) is 0 Å². The van der Waals surface area contributed by atoms with Crippen LogP contribution in [0.5, 0.6) is 0 Å². The first-order chi connectivity index (χ1) is 9.92. The summed E-state index contributed by atoms with van der Waals surface area (Å²) in [4.78, 5) is 11.3. The first-order valence-corrected chi connectivity index (χ1v) is 8.68. The Hall–Kier alpha value is -1.40. The third kappa shape index (κ3) is 4.04. The minimum absolute atomic E-state index is 0.0266. The smallest absolute Gasteiger partial charge is 0.337 e. The predicted octanol–water partition coefficient (Wildman–Crippen LogP) is 2.03. The number of rotatable bonds is 4. The van der Waals surface area contributed by atoms with Crippen molar-refractivity contribution in [2.24, 2.45) is 5.92 Å². The molecule has 0 bridgehead atoms. The maximum atomic E-state index is 12.4. The van der Waals surface area contributed by atoms with Gasteiger partial charge in [-0.15, -0.1) is 0 Å². The molecule has 21 heavy (non-hydrogen) atoms. The molecule has 0 radical (unpaired) electrons. The number of methoxy groups -OCH3 is 1. The lowest BCUT2D eigenvalue weighted by atomic mass is 10.0. The number of carbonyl (C=O) groups excluding carboxylic acids is 1. The lowest BCUT2D eigenvalue weighted by Gasteiger charge is -2.30. The molecule has 0 amide bonds. The molecule has 1 saturated heterocycles. The van der Waals surface area contributed by atoms with Crippen LogP contribution in [0.3, 0.4) is 0 Å². The van der Waals surface area contributed by atoms with Crippen LogP contribution in [0.15, 0.2) is 24.3 Å². The maximum Gasteiger partial charge on any atom is 0.337 e. The van der Waals surface area contributed by atoms with Crippen LogP contribution >= 0.6 is 0 Å². The zero-order valence-corrected chi connectivity index (χ0v) is 13.2. The fourth-order valence-corrected chi connectivity index (χ4v) is 4.24. The van der Waals surface area contributed by atoms with Gasteiger partial charge in [0.05, 0.1) is 18.4 Å². The summed E-state index contributed by atoms with van der Waals surface area (Å²) in [7, 11) is -1.97. The Bertz CT molecular complexity index is 595. The van der Waals surface area contributed by atoms with Crippen LogP contribution in [-0.2, 0) is 20.5 Å². The van der Waals surface area contributed by atoms with Crippen molar-refractivity contribution in [2.75, 3.05) is 20.2 Å². The van der Waals surface area contributed by atoms with Gasteiger partial charge in [0, 0.05) is 13.1 Å². The quantitative estimate of drug-likeness (QED) is 0.798. The summed E-state index contributed by atoms with van der Waals surface area (Å²) in [6, 6.07) is 6.51. The van der Waals surface area contributed by atoms with E-state index in [0.29, 0.717) is 30.1 Å². The Morgan fingerprint density at radius 3 is 2.57 bits per heavy atom. The molecule has 1 aliphatic rings. The molecule has 6 heteroatoms. The maximum absolute atomic E-state index is 12.4. The summed E-state index contributed by atoms with van der Waals surface area (Å²) in [5.74, 6) is -0.0363. The summed E-state index contributed by atoms with van der Waals surface area (Å²) in [5.41, 5.74) is 1.10. The molecule has 5 nitrogen and oxygen atoms in total. The summed E-state index contributed by atoms with van der Waals surface area (Å²) < 4.78 is 31.0. The summed E-state index contributed by atoms with van der Waals surface area (Å²) in [5, 5.41) is 0. The van der Waals surface area contributed by atoms with Gasteiger partial charge < -0.3 is 4.74 Å². The van der Waals surface area contributed by atoms with Crippen LogP contribution in [0.25, 0.3) is 0 Å². The molecule has 1 fully saturated rings. The fourth-order valence-electron chi connectivity index (χ4n) is 2.56. The molecule has 0 aliphatic carbocycles. The second-order valence-corrected chi connectivity index (χ2v) is 7.52. The van der Waals surface area contributed by atoms with Crippen molar-refractivity contribution in [3.63, 3.8) is 0 Å². The van der Waals surface area contributed by atoms with Crippen molar-refractivity contribution in [1.29, 1.82) is 0 Å². The van der Waals surface area contributed by atoms with E-state index in [2.05, 4.69) is 11.7 Å². The monoisotopic (exact) mass is 311 g/mol. The molecule has 0 unspecified atom stereocenters. The molecule has 0 aromatic heterocycles. The lowest BCUT2D eigenvalue weighted by molar-refractivity contribution is 0.0600. The largest absolute Gasteiger partial charge is 0.465 e. The van der Waals surface area contributed by atoms with Gasteiger partial charge in [0.2, 0.25) is 10.0 Å². The van der Waals surface area contributed by atoms with Crippen LogP contribution in [0.1, 0.15) is 35.7 Å². The molecule has 2 rings (SSSR count). The van der Waals surface area contributed by atoms with Crippen molar-refractivity contribution in [3.05, 3.63) is 35.4 Å². The van der Waals surface area contributed by atoms with Crippen LogP contribution in [0, 0.1) is 5.92 Å². The van der Waals surface area contributed by atoms with E-state index in [0.717, 1.165) is 12.8 Å². The number of esters is 1. The van der Waals surface area contributed by atoms with Gasteiger partial charge in [-0.3, -0.25) is 0 Å². The zero-order valence-electron chi connectivity index (χ0n) is 12.4. The fraction of sp³-hybridized carbons (Fsp3) is 0.533. The second kappa shape index (κ2) is 6.58. The number of nitrogens with zero attached hydrogens (tertiary/aromatic N) is 1. The van der Waals surface area contributed by atoms with E-state index in [4.69, 9.17) is 0 Å². The summed E-state index contributed by atoms with van der Waals surface area (Å²) in [6.45, 7) is 3.28. The number of hydrogen-bond acceptors (Lipinski definition) is 4. The van der Waals surface area contributed by atoms with Crippen molar-refractivity contribution < 1.29 is 17.9 Å². The molecule has 1 atom stereocenters. The van der Waals surface area contributed by atoms with E-state index in [-0.39, 0.29) is 5.75 Å². The van der Waals surface area contributed by atoms with Gasteiger partial charge >= 0.3 is 5.97 Å². The van der Waals surface area contributed by atoms with Crippen LogP contribution < -0.4 is 0 Å². The first kappa shape index (κ1) is 16.0. The molecule has 0 spiro atoms. The number of sulfonamides is 1. The molecule has 0 saturated carbocycles. The van der Waals surface area contributed by atoms with Gasteiger partial charge in [0.25, 0.3) is 0 Å². The molecule has 0 N–H and O–H groups in total. The highest BCUT2D eigenvalue weighted by Gasteiger charge is 2.27. The molecule has 1 heterocycles. The average molecular weight is 311 g/mol. The van der Waals surface area contributed by atoms with E-state index < -0.39 is 16.0 Å². The SMILES string of the molecule is COC(=O)c1ccc(CS(=O)(=O)N2CCC[C@@H](C)C2)cc1. The minimum Gasteiger partial charge on any atom is -0.465 e. The topological polar surface area (TPSA) is 63.7 Å². The average Bonchev–Trinajstić information content (AvgIpc) is 2.47. The Balaban J connectivity index is 2.08. The molecular weight excluding hydrogens is 290 g/mol. The van der Waals surface area contributed by atoms with Crippen LogP contribution in [0.4, 0.5) is 0 Å².